The fourth-order valence-electron chi connectivity index (χ4n) is 3.01. The molecule has 0 bridgehead atoms. The lowest BCUT2D eigenvalue weighted by atomic mass is 10.0. The first-order chi connectivity index (χ1) is 14.1. The van der Waals surface area contributed by atoms with Gasteiger partial charge in [0.2, 0.25) is 0 Å². The number of ether oxygens (including phenoxy) is 1. The Morgan fingerprint density at radius 2 is 1.72 bits per heavy atom. The van der Waals surface area contributed by atoms with Crippen molar-refractivity contribution >= 4 is 5.91 Å². The van der Waals surface area contributed by atoms with Crippen LogP contribution < -0.4 is 10.5 Å². The van der Waals surface area contributed by atoms with Gasteiger partial charge in [0.05, 0.1) is 5.69 Å². The summed E-state index contributed by atoms with van der Waals surface area (Å²) >= 11 is 0. The molecule has 0 saturated heterocycles. The number of carbonyl (C=O) groups excluding carboxylic acids is 1. The molecule has 0 radical (unpaired) electrons. The van der Waals surface area contributed by atoms with Crippen LogP contribution >= 0.6 is 0 Å². The van der Waals surface area contributed by atoms with Crippen molar-refractivity contribution < 1.29 is 13.9 Å². The summed E-state index contributed by atoms with van der Waals surface area (Å²) in [5, 5.41) is 6.80. The molecule has 0 spiro atoms. The molecule has 0 saturated carbocycles. The molecule has 1 aromatic heterocycles. The summed E-state index contributed by atoms with van der Waals surface area (Å²) in [5.41, 5.74) is 9.77. The molecule has 0 aliphatic carbocycles. The summed E-state index contributed by atoms with van der Waals surface area (Å²) < 4.78 is 19.1. The molecule has 0 fully saturated rings. The molecule has 4 rings (SSSR count). The van der Waals surface area contributed by atoms with Crippen LogP contribution in [0.3, 0.4) is 0 Å². The molecular weight excluding hydrogens is 369 g/mol. The van der Waals surface area contributed by atoms with Crippen molar-refractivity contribution in [3.8, 4) is 28.1 Å². The zero-order chi connectivity index (χ0) is 20.2. The van der Waals surface area contributed by atoms with E-state index in [2.05, 4.69) is 10.2 Å². The molecule has 0 unspecified atom stereocenters. The predicted molar refractivity (Wildman–Crippen MR) is 109 cm³/mol. The molecule has 144 valence electrons. The van der Waals surface area contributed by atoms with Crippen LogP contribution in [0, 0.1) is 5.82 Å². The maximum Gasteiger partial charge on any atom is 0.266 e. The molecule has 29 heavy (non-hydrogen) atoms. The number of primary amides is 1. The van der Waals surface area contributed by atoms with Gasteiger partial charge < -0.3 is 10.5 Å². The van der Waals surface area contributed by atoms with E-state index in [9.17, 15) is 9.18 Å². The number of halogens is 1. The van der Waals surface area contributed by atoms with Crippen molar-refractivity contribution in [1.82, 2.24) is 10.2 Å². The lowest BCUT2D eigenvalue weighted by Gasteiger charge is -2.12. The highest BCUT2D eigenvalue weighted by atomic mass is 19.1. The zero-order valence-corrected chi connectivity index (χ0v) is 15.4. The molecule has 4 aromatic rings. The first-order valence-corrected chi connectivity index (χ1v) is 9.02. The van der Waals surface area contributed by atoms with Crippen molar-refractivity contribution in [3.63, 3.8) is 0 Å². The third kappa shape index (κ3) is 4.16. The number of nitrogens with one attached hydrogen (secondary N) is 1. The number of nitrogens with zero attached hydrogens (tertiary/aromatic N) is 1. The van der Waals surface area contributed by atoms with Gasteiger partial charge >= 0.3 is 0 Å². The number of benzene rings is 3. The number of nitrogens with two attached hydrogens (primary N) is 1. The van der Waals surface area contributed by atoms with Gasteiger partial charge in [-0.15, -0.1) is 0 Å². The van der Waals surface area contributed by atoms with Crippen LogP contribution in [-0.4, -0.2) is 16.1 Å². The minimum Gasteiger partial charge on any atom is -0.488 e. The Labute approximate surface area is 167 Å². The number of hydrogen-bond donors (Lipinski definition) is 2. The van der Waals surface area contributed by atoms with E-state index in [0.29, 0.717) is 18.1 Å². The molecule has 1 amide bonds. The average molecular weight is 387 g/mol. The number of amides is 1. The first-order valence-electron chi connectivity index (χ1n) is 9.02. The first kappa shape index (κ1) is 18.4. The lowest BCUT2D eigenvalue weighted by Crippen LogP contribution is -2.10. The number of aromatic amines is 1. The number of para-hydroxylation sites is 1. The largest absolute Gasteiger partial charge is 0.488 e. The van der Waals surface area contributed by atoms with Gasteiger partial charge in [-0.25, -0.2) is 4.39 Å². The summed E-state index contributed by atoms with van der Waals surface area (Å²) in [7, 11) is 0. The number of aromatic nitrogens is 2. The van der Waals surface area contributed by atoms with Crippen molar-refractivity contribution in [2.75, 3.05) is 0 Å². The van der Waals surface area contributed by atoms with E-state index in [0.717, 1.165) is 22.3 Å². The van der Waals surface area contributed by atoms with E-state index in [-0.39, 0.29) is 11.5 Å². The smallest absolute Gasteiger partial charge is 0.266 e. The Kier molecular flexibility index (Phi) is 5.07. The van der Waals surface area contributed by atoms with Crippen molar-refractivity contribution in [2.45, 2.75) is 6.61 Å². The van der Waals surface area contributed by atoms with Gasteiger partial charge in [0, 0.05) is 11.1 Å². The Morgan fingerprint density at radius 3 is 2.48 bits per heavy atom. The molecule has 3 aromatic carbocycles. The van der Waals surface area contributed by atoms with Gasteiger partial charge in [-0.2, -0.15) is 5.10 Å². The number of carbonyl (C=O) groups is 1. The third-order valence-corrected chi connectivity index (χ3v) is 4.51. The van der Waals surface area contributed by atoms with Gasteiger partial charge in [0.1, 0.15) is 23.9 Å². The van der Waals surface area contributed by atoms with Crippen LogP contribution in [0.5, 0.6) is 5.75 Å². The lowest BCUT2D eigenvalue weighted by molar-refractivity contribution is 0.0995. The van der Waals surface area contributed by atoms with Gasteiger partial charge in [-0.05, 0) is 41.5 Å². The van der Waals surface area contributed by atoms with Crippen LogP contribution in [0.2, 0.25) is 0 Å². The van der Waals surface area contributed by atoms with E-state index < -0.39 is 5.91 Å². The molecule has 0 aliphatic rings. The van der Waals surface area contributed by atoms with E-state index in [1.165, 1.54) is 12.1 Å². The molecule has 1 heterocycles. The Bertz CT molecular complexity index is 1150. The maximum absolute atomic E-state index is 13.1. The summed E-state index contributed by atoms with van der Waals surface area (Å²) in [6, 6.07) is 23.3. The summed E-state index contributed by atoms with van der Waals surface area (Å²) in [6.07, 6.45) is 0. The Balaban J connectivity index is 1.61. The van der Waals surface area contributed by atoms with Crippen molar-refractivity contribution in [1.29, 1.82) is 0 Å². The summed E-state index contributed by atoms with van der Waals surface area (Å²) in [4.78, 5) is 11.3. The summed E-state index contributed by atoms with van der Waals surface area (Å²) in [5.74, 6) is -0.114. The zero-order valence-electron chi connectivity index (χ0n) is 15.4. The minimum absolute atomic E-state index is 0.258. The summed E-state index contributed by atoms with van der Waals surface area (Å²) in [6.45, 7) is 0.332. The van der Waals surface area contributed by atoms with Gasteiger partial charge in [-0.1, -0.05) is 48.5 Å². The minimum atomic E-state index is -0.556. The molecule has 3 N–H and O–H groups in total. The van der Waals surface area contributed by atoms with Crippen molar-refractivity contribution in [3.05, 3.63) is 95.9 Å². The molecule has 6 heteroatoms. The molecular formula is C23H18FN3O2. The Morgan fingerprint density at radius 1 is 0.966 bits per heavy atom. The second-order valence-corrected chi connectivity index (χ2v) is 6.52. The highest BCUT2D eigenvalue weighted by Gasteiger charge is 2.11. The van der Waals surface area contributed by atoms with Crippen molar-refractivity contribution in [2.24, 2.45) is 5.73 Å². The number of rotatable bonds is 6. The predicted octanol–water partition coefficient (Wildman–Crippen LogP) is 4.56. The van der Waals surface area contributed by atoms with E-state index in [4.69, 9.17) is 10.5 Å². The van der Waals surface area contributed by atoms with Crippen LogP contribution in [0.1, 0.15) is 16.1 Å². The van der Waals surface area contributed by atoms with Crippen LogP contribution in [0.15, 0.2) is 78.9 Å². The second-order valence-electron chi connectivity index (χ2n) is 6.52. The van der Waals surface area contributed by atoms with E-state index in [1.807, 2.05) is 48.5 Å². The third-order valence-electron chi connectivity index (χ3n) is 4.51. The number of H-pyrrole nitrogens is 1. The monoisotopic (exact) mass is 387 g/mol. The average Bonchev–Trinajstić information content (AvgIpc) is 3.24. The normalized spacial score (nSPS) is 10.7. The van der Waals surface area contributed by atoms with Crippen LogP contribution in [0.4, 0.5) is 4.39 Å². The molecule has 0 aliphatic heterocycles. The van der Waals surface area contributed by atoms with E-state index in [1.54, 1.807) is 18.2 Å². The van der Waals surface area contributed by atoms with E-state index >= 15 is 0 Å². The topological polar surface area (TPSA) is 81.0 Å². The van der Waals surface area contributed by atoms with Gasteiger partial charge in [-0.3, -0.25) is 9.89 Å². The molecule has 5 nitrogen and oxygen atoms in total. The number of hydrogen-bond acceptors (Lipinski definition) is 3. The second kappa shape index (κ2) is 7.98. The fraction of sp³-hybridized carbons (Fsp3) is 0.0435. The van der Waals surface area contributed by atoms with Gasteiger partial charge in [0.15, 0.2) is 0 Å². The van der Waals surface area contributed by atoms with Crippen LogP contribution in [0.25, 0.3) is 22.4 Å². The standard InChI is InChI=1S/C23H18FN3O2/c24-18-10-8-15(9-11-18)14-29-22-7-2-1-6-19(22)16-4-3-5-17(12-16)20-13-21(23(25)28)27-26-20/h1-13H,14H2,(H2,25,28)(H,26,27). The fourth-order valence-corrected chi connectivity index (χ4v) is 3.01. The quantitative estimate of drug-likeness (QED) is 0.509. The highest BCUT2D eigenvalue weighted by molar-refractivity contribution is 5.92. The molecule has 0 atom stereocenters. The Hall–Kier alpha value is -3.93. The highest BCUT2D eigenvalue weighted by Crippen LogP contribution is 2.32. The maximum atomic E-state index is 13.1. The van der Waals surface area contributed by atoms with Crippen LogP contribution in [-0.2, 0) is 6.61 Å². The van der Waals surface area contributed by atoms with Gasteiger partial charge in [0.25, 0.3) is 5.91 Å². The SMILES string of the molecule is NC(=O)c1cc(-c2cccc(-c3ccccc3OCc3ccc(F)cc3)c2)n[nH]1.